The van der Waals surface area contributed by atoms with Crippen LogP contribution in [0.15, 0.2) is 22.7 Å². The highest BCUT2D eigenvalue weighted by Crippen LogP contribution is 2.18. The summed E-state index contributed by atoms with van der Waals surface area (Å²) in [5.41, 5.74) is 0.295. The predicted octanol–water partition coefficient (Wildman–Crippen LogP) is 2.48. The van der Waals surface area contributed by atoms with Crippen LogP contribution in [0.4, 0.5) is 4.39 Å². The van der Waals surface area contributed by atoms with Crippen LogP contribution in [0.2, 0.25) is 0 Å². The lowest BCUT2D eigenvalue weighted by Crippen LogP contribution is -2.46. The third-order valence-corrected chi connectivity index (χ3v) is 3.41. The Morgan fingerprint density at radius 1 is 1.35 bits per heavy atom. The Morgan fingerprint density at radius 3 is 2.50 bits per heavy atom. The smallest absolute Gasteiger partial charge is 0.253 e. The Bertz CT molecular complexity index is 506. The van der Waals surface area contributed by atoms with Gasteiger partial charge in [-0.05, 0) is 46.5 Å². The zero-order chi connectivity index (χ0) is 15.3. The molecule has 0 saturated carbocycles. The highest BCUT2D eigenvalue weighted by molar-refractivity contribution is 9.10. The Kier molecular flexibility index (Phi) is 6.13. The van der Waals surface area contributed by atoms with Crippen LogP contribution in [0, 0.1) is 11.7 Å². The van der Waals surface area contributed by atoms with Crippen LogP contribution in [0.5, 0.6) is 0 Å². The minimum Gasteiger partial charge on any atom is -0.357 e. The SMILES string of the molecule is CNC(=O)C(CC(C)C)NC(=O)c1ccc(F)cc1Br. The number of likely N-dealkylation sites (N-methyl/N-ethyl adjacent to an activating group) is 1. The standard InChI is InChI=1S/C14H18BrFN2O2/c1-8(2)6-12(14(20)17-3)18-13(19)10-5-4-9(16)7-11(10)15/h4-5,7-8,12H,6H2,1-3H3,(H,17,20)(H,18,19). The van der Waals surface area contributed by atoms with Crippen molar-refractivity contribution in [2.24, 2.45) is 5.92 Å². The van der Waals surface area contributed by atoms with Crippen LogP contribution < -0.4 is 10.6 Å². The first kappa shape index (κ1) is 16.6. The number of hydrogen-bond donors (Lipinski definition) is 2. The molecule has 0 bridgehead atoms. The van der Waals surface area contributed by atoms with Crippen molar-refractivity contribution >= 4 is 27.7 Å². The Labute approximate surface area is 126 Å². The summed E-state index contributed by atoms with van der Waals surface area (Å²) < 4.78 is 13.4. The zero-order valence-electron chi connectivity index (χ0n) is 11.7. The lowest BCUT2D eigenvalue weighted by molar-refractivity contribution is -0.122. The van der Waals surface area contributed by atoms with E-state index in [9.17, 15) is 14.0 Å². The van der Waals surface area contributed by atoms with Gasteiger partial charge in [-0.1, -0.05) is 13.8 Å². The number of nitrogens with one attached hydrogen (secondary N) is 2. The second-order valence-electron chi connectivity index (χ2n) is 4.89. The molecule has 0 saturated heterocycles. The molecule has 110 valence electrons. The molecule has 0 aromatic heterocycles. The monoisotopic (exact) mass is 344 g/mol. The normalized spacial score (nSPS) is 12.1. The Hall–Kier alpha value is -1.43. The number of carbonyl (C=O) groups is 2. The second kappa shape index (κ2) is 7.38. The molecule has 1 rings (SSSR count). The van der Waals surface area contributed by atoms with Crippen molar-refractivity contribution in [3.05, 3.63) is 34.1 Å². The highest BCUT2D eigenvalue weighted by atomic mass is 79.9. The fraction of sp³-hybridized carbons (Fsp3) is 0.429. The largest absolute Gasteiger partial charge is 0.357 e. The van der Waals surface area contributed by atoms with Crippen molar-refractivity contribution in [3.8, 4) is 0 Å². The third-order valence-electron chi connectivity index (χ3n) is 2.75. The molecule has 1 aromatic carbocycles. The predicted molar refractivity (Wildman–Crippen MR) is 78.9 cm³/mol. The van der Waals surface area contributed by atoms with E-state index >= 15 is 0 Å². The maximum absolute atomic E-state index is 13.0. The van der Waals surface area contributed by atoms with Crippen LogP contribution in [0.1, 0.15) is 30.6 Å². The molecule has 2 N–H and O–H groups in total. The lowest BCUT2D eigenvalue weighted by atomic mass is 10.0. The Balaban J connectivity index is 2.87. The summed E-state index contributed by atoms with van der Waals surface area (Å²) in [6, 6.07) is 3.19. The fourth-order valence-corrected chi connectivity index (χ4v) is 2.32. The fourth-order valence-electron chi connectivity index (χ4n) is 1.79. The van der Waals surface area contributed by atoms with E-state index in [1.165, 1.54) is 25.2 Å². The quantitative estimate of drug-likeness (QED) is 0.861. The number of carbonyl (C=O) groups excluding carboxylic acids is 2. The van der Waals surface area contributed by atoms with Crippen molar-refractivity contribution in [1.82, 2.24) is 10.6 Å². The van der Waals surface area contributed by atoms with Gasteiger partial charge in [0.15, 0.2) is 0 Å². The number of hydrogen-bond acceptors (Lipinski definition) is 2. The average molecular weight is 345 g/mol. The minimum atomic E-state index is -0.607. The molecular weight excluding hydrogens is 327 g/mol. The van der Waals surface area contributed by atoms with E-state index in [1.54, 1.807) is 0 Å². The van der Waals surface area contributed by atoms with Crippen LogP contribution >= 0.6 is 15.9 Å². The van der Waals surface area contributed by atoms with E-state index in [0.29, 0.717) is 16.5 Å². The summed E-state index contributed by atoms with van der Waals surface area (Å²) in [6.07, 6.45) is 0.532. The molecule has 6 heteroatoms. The van der Waals surface area contributed by atoms with Crippen molar-refractivity contribution in [2.45, 2.75) is 26.3 Å². The van der Waals surface area contributed by atoms with Gasteiger partial charge in [-0.15, -0.1) is 0 Å². The van der Waals surface area contributed by atoms with Gasteiger partial charge in [-0.2, -0.15) is 0 Å². The van der Waals surface area contributed by atoms with Gasteiger partial charge < -0.3 is 10.6 Å². The van der Waals surface area contributed by atoms with E-state index < -0.39 is 17.8 Å². The number of amides is 2. The summed E-state index contributed by atoms with van der Waals surface area (Å²) in [4.78, 5) is 23.9. The van der Waals surface area contributed by atoms with Crippen LogP contribution in [0.3, 0.4) is 0 Å². The topological polar surface area (TPSA) is 58.2 Å². The van der Waals surface area contributed by atoms with Gasteiger partial charge in [-0.25, -0.2) is 4.39 Å². The van der Waals surface area contributed by atoms with Crippen LogP contribution in [-0.2, 0) is 4.79 Å². The average Bonchev–Trinajstić information content (AvgIpc) is 2.36. The third kappa shape index (κ3) is 4.59. The summed E-state index contributed by atoms with van der Waals surface area (Å²) >= 11 is 3.14. The lowest BCUT2D eigenvalue weighted by Gasteiger charge is -2.19. The molecular formula is C14H18BrFN2O2. The van der Waals surface area contributed by atoms with E-state index in [4.69, 9.17) is 0 Å². The Morgan fingerprint density at radius 2 is 2.00 bits per heavy atom. The molecule has 20 heavy (non-hydrogen) atoms. The zero-order valence-corrected chi connectivity index (χ0v) is 13.3. The molecule has 2 amide bonds. The van der Waals surface area contributed by atoms with Gasteiger partial charge in [-0.3, -0.25) is 9.59 Å². The van der Waals surface area contributed by atoms with Gasteiger partial charge >= 0.3 is 0 Å². The molecule has 0 aliphatic carbocycles. The molecule has 1 aromatic rings. The van der Waals surface area contributed by atoms with Gasteiger partial charge in [0.25, 0.3) is 5.91 Å². The number of benzene rings is 1. The number of halogens is 2. The summed E-state index contributed by atoms with van der Waals surface area (Å²) in [7, 11) is 1.52. The molecule has 4 nitrogen and oxygen atoms in total. The van der Waals surface area contributed by atoms with Gasteiger partial charge in [0, 0.05) is 11.5 Å². The van der Waals surface area contributed by atoms with Crippen LogP contribution in [-0.4, -0.2) is 24.9 Å². The maximum atomic E-state index is 13.0. The first-order chi connectivity index (χ1) is 9.35. The minimum absolute atomic E-state index is 0.245. The summed E-state index contributed by atoms with van der Waals surface area (Å²) in [5, 5.41) is 5.20. The molecule has 0 radical (unpaired) electrons. The summed E-state index contributed by atoms with van der Waals surface area (Å²) in [5.74, 6) is -0.830. The van der Waals surface area contributed by atoms with Gasteiger partial charge in [0.05, 0.1) is 5.56 Å². The van der Waals surface area contributed by atoms with Crippen molar-refractivity contribution < 1.29 is 14.0 Å². The summed E-state index contributed by atoms with van der Waals surface area (Å²) in [6.45, 7) is 3.94. The van der Waals surface area contributed by atoms with Crippen molar-refractivity contribution in [1.29, 1.82) is 0 Å². The molecule has 0 heterocycles. The van der Waals surface area contributed by atoms with E-state index in [-0.39, 0.29) is 11.8 Å². The molecule has 0 fully saturated rings. The molecule has 0 aliphatic heterocycles. The van der Waals surface area contributed by atoms with Gasteiger partial charge in [0.1, 0.15) is 11.9 Å². The second-order valence-corrected chi connectivity index (χ2v) is 5.75. The molecule has 0 spiro atoms. The first-order valence-corrected chi connectivity index (χ1v) is 7.12. The van der Waals surface area contributed by atoms with E-state index in [1.807, 2.05) is 13.8 Å². The highest BCUT2D eigenvalue weighted by Gasteiger charge is 2.22. The van der Waals surface area contributed by atoms with Crippen LogP contribution in [0.25, 0.3) is 0 Å². The maximum Gasteiger partial charge on any atom is 0.253 e. The van der Waals surface area contributed by atoms with Crippen molar-refractivity contribution in [2.75, 3.05) is 7.05 Å². The molecule has 1 atom stereocenters. The first-order valence-electron chi connectivity index (χ1n) is 6.32. The number of rotatable bonds is 5. The molecule has 1 unspecified atom stereocenters. The molecule has 0 aliphatic rings. The van der Waals surface area contributed by atoms with E-state index in [2.05, 4.69) is 26.6 Å². The van der Waals surface area contributed by atoms with Gasteiger partial charge in [0.2, 0.25) is 5.91 Å². The van der Waals surface area contributed by atoms with Crippen molar-refractivity contribution in [3.63, 3.8) is 0 Å². The van der Waals surface area contributed by atoms with E-state index in [0.717, 1.165) is 0 Å².